The van der Waals surface area contributed by atoms with Crippen LogP contribution < -0.4 is 4.74 Å². The molecule has 1 fully saturated rings. The third-order valence-corrected chi connectivity index (χ3v) is 3.42. The van der Waals surface area contributed by atoms with Crippen LogP contribution in [0.1, 0.15) is 25.8 Å². The van der Waals surface area contributed by atoms with Crippen LogP contribution in [0.2, 0.25) is 0 Å². The Kier molecular flexibility index (Phi) is 3.07. The molecule has 1 aliphatic rings. The molecular formula is C13H12F4O2. The molecular weight excluding hydrogens is 264 g/mol. The predicted molar refractivity (Wildman–Crippen MR) is 59.2 cm³/mol. The van der Waals surface area contributed by atoms with E-state index in [2.05, 4.69) is 0 Å². The summed E-state index contributed by atoms with van der Waals surface area (Å²) in [6.45, 7) is 3.33. The number of carbonyl (C=O) groups is 1. The highest BCUT2D eigenvalue weighted by molar-refractivity contribution is 5.91. The fourth-order valence-corrected chi connectivity index (χ4v) is 1.88. The number of halogens is 4. The van der Waals surface area contributed by atoms with Crippen LogP contribution in [-0.2, 0) is 11.0 Å². The summed E-state index contributed by atoms with van der Waals surface area (Å²) in [6.07, 6.45) is -5.09. The smallest absolute Gasteiger partial charge is 0.419 e. The average Bonchev–Trinajstić information content (AvgIpc) is 2.29. The van der Waals surface area contributed by atoms with Gasteiger partial charge in [0.15, 0.2) is 0 Å². The van der Waals surface area contributed by atoms with Gasteiger partial charge in [0.25, 0.3) is 0 Å². The van der Waals surface area contributed by atoms with Gasteiger partial charge in [0, 0.05) is 6.42 Å². The number of alkyl halides is 3. The zero-order valence-corrected chi connectivity index (χ0v) is 10.3. The summed E-state index contributed by atoms with van der Waals surface area (Å²) in [7, 11) is 0. The van der Waals surface area contributed by atoms with Crippen LogP contribution in [0.4, 0.5) is 17.6 Å². The maximum Gasteiger partial charge on any atom is 0.419 e. The lowest BCUT2D eigenvalue weighted by molar-refractivity contribution is -0.148. The Hall–Kier alpha value is -1.59. The third kappa shape index (κ3) is 2.43. The molecule has 0 aliphatic heterocycles. The molecule has 2 rings (SSSR count). The van der Waals surface area contributed by atoms with E-state index in [1.54, 1.807) is 13.8 Å². The predicted octanol–water partition coefficient (Wildman–Crippen LogP) is 3.59. The van der Waals surface area contributed by atoms with Crippen molar-refractivity contribution in [2.24, 2.45) is 5.41 Å². The summed E-state index contributed by atoms with van der Waals surface area (Å²) in [6, 6.07) is 2.46. The van der Waals surface area contributed by atoms with Gasteiger partial charge in [-0.05, 0) is 32.0 Å². The van der Waals surface area contributed by atoms with Crippen molar-refractivity contribution in [2.45, 2.75) is 32.5 Å². The highest BCUT2D eigenvalue weighted by Gasteiger charge is 2.49. The molecule has 1 aromatic carbocycles. The second kappa shape index (κ2) is 4.21. The summed E-state index contributed by atoms with van der Waals surface area (Å²) < 4.78 is 56.0. The number of carbonyl (C=O) groups excluding carboxylic acids is 1. The van der Waals surface area contributed by atoms with Gasteiger partial charge in [0.05, 0.1) is 11.0 Å². The SMILES string of the molecule is CC1(C)C(=O)CC1Oc1ccc(F)c(C(F)(F)F)c1. The lowest BCUT2D eigenvalue weighted by Gasteiger charge is -2.42. The van der Waals surface area contributed by atoms with Crippen LogP contribution in [0.5, 0.6) is 5.75 Å². The number of ether oxygens (including phenoxy) is 1. The topological polar surface area (TPSA) is 26.3 Å². The molecule has 1 aromatic rings. The second-order valence-electron chi connectivity index (χ2n) is 5.09. The number of Topliss-reactive ketones (excluding diaryl/α,β-unsaturated/α-hetero) is 1. The fraction of sp³-hybridized carbons (Fsp3) is 0.462. The van der Waals surface area contributed by atoms with Gasteiger partial charge in [-0.2, -0.15) is 13.2 Å². The lowest BCUT2D eigenvalue weighted by atomic mass is 9.68. The minimum Gasteiger partial charge on any atom is -0.489 e. The Bertz CT molecular complexity index is 520. The zero-order valence-electron chi connectivity index (χ0n) is 10.3. The molecule has 1 aliphatic carbocycles. The van der Waals surface area contributed by atoms with Crippen molar-refractivity contribution in [1.82, 2.24) is 0 Å². The van der Waals surface area contributed by atoms with Gasteiger partial charge in [0.2, 0.25) is 0 Å². The van der Waals surface area contributed by atoms with Crippen molar-refractivity contribution >= 4 is 5.78 Å². The first kappa shape index (κ1) is 13.8. The molecule has 1 saturated carbocycles. The molecule has 0 amide bonds. The summed E-state index contributed by atoms with van der Waals surface area (Å²) in [5.74, 6) is -1.43. The fourth-order valence-electron chi connectivity index (χ4n) is 1.88. The van der Waals surface area contributed by atoms with Gasteiger partial charge in [-0.1, -0.05) is 0 Å². The molecule has 0 N–H and O–H groups in total. The number of benzene rings is 1. The van der Waals surface area contributed by atoms with Gasteiger partial charge in [-0.3, -0.25) is 4.79 Å². The standard InChI is InChI=1S/C13H12F4O2/c1-12(2)10(18)6-11(12)19-7-3-4-9(14)8(5-7)13(15,16)17/h3-5,11H,6H2,1-2H3. The summed E-state index contributed by atoms with van der Waals surface area (Å²) in [4.78, 5) is 11.3. The minimum atomic E-state index is -4.77. The van der Waals surface area contributed by atoms with Crippen LogP contribution in [0.15, 0.2) is 18.2 Å². The molecule has 0 aromatic heterocycles. The molecule has 1 atom stereocenters. The summed E-state index contributed by atoms with van der Waals surface area (Å²) >= 11 is 0. The van der Waals surface area contributed by atoms with Crippen molar-refractivity contribution in [3.63, 3.8) is 0 Å². The first-order valence-electron chi connectivity index (χ1n) is 5.69. The first-order valence-corrected chi connectivity index (χ1v) is 5.69. The molecule has 2 nitrogen and oxygen atoms in total. The Morgan fingerprint density at radius 1 is 1.32 bits per heavy atom. The van der Waals surface area contributed by atoms with Crippen LogP contribution in [0.3, 0.4) is 0 Å². The van der Waals surface area contributed by atoms with E-state index >= 15 is 0 Å². The Morgan fingerprint density at radius 3 is 2.42 bits per heavy atom. The van der Waals surface area contributed by atoms with Crippen molar-refractivity contribution in [1.29, 1.82) is 0 Å². The molecule has 0 bridgehead atoms. The van der Waals surface area contributed by atoms with Crippen LogP contribution in [-0.4, -0.2) is 11.9 Å². The second-order valence-corrected chi connectivity index (χ2v) is 5.09. The quantitative estimate of drug-likeness (QED) is 0.772. The molecule has 19 heavy (non-hydrogen) atoms. The van der Waals surface area contributed by atoms with Crippen LogP contribution in [0.25, 0.3) is 0 Å². The Balaban J connectivity index is 2.21. The molecule has 0 spiro atoms. The highest BCUT2D eigenvalue weighted by Crippen LogP contribution is 2.40. The number of rotatable bonds is 2. The maximum absolute atomic E-state index is 13.1. The van der Waals surface area contributed by atoms with Crippen molar-refractivity contribution < 1.29 is 27.1 Å². The van der Waals surface area contributed by atoms with E-state index in [9.17, 15) is 22.4 Å². The highest BCUT2D eigenvalue weighted by atomic mass is 19.4. The average molecular weight is 276 g/mol. The number of hydrogen-bond donors (Lipinski definition) is 0. The van der Waals surface area contributed by atoms with Crippen molar-refractivity contribution in [2.75, 3.05) is 0 Å². The largest absolute Gasteiger partial charge is 0.489 e. The minimum absolute atomic E-state index is 0.00402. The molecule has 0 saturated heterocycles. The first-order chi connectivity index (χ1) is 8.62. The van der Waals surface area contributed by atoms with E-state index in [1.807, 2.05) is 0 Å². The maximum atomic E-state index is 13.1. The zero-order chi connectivity index (χ0) is 14.4. The van der Waals surface area contributed by atoms with E-state index in [0.717, 1.165) is 6.07 Å². The number of ketones is 1. The van der Waals surface area contributed by atoms with Gasteiger partial charge in [-0.25, -0.2) is 4.39 Å². The van der Waals surface area contributed by atoms with Crippen LogP contribution >= 0.6 is 0 Å². The van der Waals surface area contributed by atoms with Gasteiger partial charge < -0.3 is 4.74 Å². The molecule has 6 heteroatoms. The molecule has 1 unspecified atom stereocenters. The van der Waals surface area contributed by atoms with E-state index < -0.39 is 29.1 Å². The van der Waals surface area contributed by atoms with Gasteiger partial charge in [-0.15, -0.1) is 0 Å². The molecule has 104 valence electrons. The van der Waals surface area contributed by atoms with E-state index in [0.29, 0.717) is 12.1 Å². The summed E-state index contributed by atoms with van der Waals surface area (Å²) in [5, 5.41) is 0. The van der Waals surface area contributed by atoms with Gasteiger partial charge in [0.1, 0.15) is 23.5 Å². The van der Waals surface area contributed by atoms with E-state index in [-0.39, 0.29) is 18.0 Å². The molecule has 0 heterocycles. The normalized spacial score (nSPS) is 22.0. The van der Waals surface area contributed by atoms with Crippen LogP contribution in [0, 0.1) is 11.2 Å². The Morgan fingerprint density at radius 2 is 1.95 bits per heavy atom. The van der Waals surface area contributed by atoms with Gasteiger partial charge >= 0.3 is 6.18 Å². The number of hydrogen-bond acceptors (Lipinski definition) is 2. The molecule has 0 radical (unpaired) electrons. The third-order valence-electron chi connectivity index (χ3n) is 3.42. The van der Waals surface area contributed by atoms with Crippen molar-refractivity contribution in [3.05, 3.63) is 29.6 Å². The lowest BCUT2D eigenvalue weighted by Crippen LogP contribution is -2.53. The van der Waals surface area contributed by atoms with E-state index in [4.69, 9.17) is 4.74 Å². The summed E-state index contributed by atoms with van der Waals surface area (Å²) in [5.41, 5.74) is -2.08. The Labute approximate surface area is 107 Å². The van der Waals surface area contributed by atoms with Crippen molar-refractivity contribution in [3.8, 4) is 5.75 Å². The monoisotopic (exact) mass is 276 g/mol. The van der Waals surface area contributed by atoms with E-state index in [1.165, 1.54) is 0 Å².